The van der Waals surface area contributed by atoms with Crippen LogP contribution in [0.2, 0.25) is 0 Å². The molecule has 0 saturated carbocycles. The third kappa shape index (κ3) is 5.13. The lowest BCUT2D eigenvalue weighted by atomic mass is 9.88. The number of phosphoric acid groups is 1. The highest BCUT2D eigenvalue weighted by Crippen LogP contribution is 2.42. The molecule has 164 valence electrons. The molecule has 0 fully saturated rings. The van der Waals surface area contributed by atoms with E-state index in [2.05, 4.69) is 16.8 Å². The Labute approximate surface area is 177 Å². The Morgan fingerprint density at radius 1 is 1.17 bits per heavy atom. The van der Waals surface area contributed by atoms with Gasteiger partial charge in [-0.2, -0.15) is 0 Å². The first-order chi connectivity index (χ1) is 14.1. The van der Waals surface area contributed by atoms with Crippen molar-refractivity contribution in [1.29, 1.82) is 0 Å². The van der Waals surface area contributed by atoms with Gasteiger partial charge < -0.3 is 4.52 Å². The van der Waals surface area contributed by atoms with Gasteiger partial charge in [-0.25, -0.2) is 13.0 Å². The predicted molar refractivity (Wildman–Crippen MR) is 115 cm³/mol. The maximum Gasteiger partial charge on any atom is 0.524 e. The van der Waals surface area contributed by atoms with Gasteiger partial charge in [0, 0.05) is 5.54 Å². The topological polar surface area (TPSA) is 113 Å². The molecule has 1 heterocycles. The number of unbranched alkanes of at least 4 members (excludes halogenated alkanes) is 1. The van der Waals surface area contributed by atoms with Gasteiger partial charge >= 0.3 is 7.82 Å². The van der Waals surface area contributed by atoms with Crippen molar-refractivity contribution in [1.82, 2.24) is 5.32 Å². The molecule has 7 nitrogen and oxygen atoms in total. The second-order valence-corrected chi connectivity index (χ2v) is 10.9. The van der Waals surface area contributed by atoms with Crippen molar-refractivity contribution in [3.63, 3.8) is 0 Å². The maximum absolute atomic E-state index is 13.4. The molecule has 9 heteroatoms. The first-order valence-corrected chi connectivity index (χ1v) is 13.2. The fourth-order valence-corrected chi connectivity index (χ4v) is 6.58. The molecule has 0 aromatic heterocycles. The van der Waals surface area contributed by atoms with Crippen LogP contribution in [-0.4, -0.2) is 29.5 Å². The summed E-state index contributed by atoms with van der Waals surface area (Å²) in [6.07, 6.45) is 3.19. The quantitative estimate of drug-likeness (QED) is 0.544. The Balaban J connectivity index is 2.19. The molecule has 2 aromatic rings. The molecule has 2 aromatic carbocycles. The van der Waals surface area contributed by atoms with Gasteiger partial charge in [0.25, 0.3) is 0 Å². The minimum Gasteiger partial charge on any atom is -0.404 e. The van der Waals surface area contributed by atoms with E-state index in [0.29, 0.717) is 18.4 Å². The minimum absolute atomic E-state index is 0.0432. The maximum atomic E-state index is 13.4. The second-order valence-electron chi connectivity index (χ2n) is 7.77. The lowest BCUT2D eigenvalue weighted by Crippen LogP contribution is -2.50. The predicted octanol–water partition coefficient (Wildman–Crippen LogP) is 3.96. The first kappa shape index (κ1) is 23.0. The standard InChI is InChI=1S/C21H28NO6PS/c1-3-5-13-21(4-2)15-30(26,27)19-14-17(28-29(23,24)25)11-12-18(19)20(22-21)16-9-7-6-8-10-16/h6-12,14,20,22H,3-5,13,15H2,1-2H3,(H2,23,24,25). The number of nitrogens with one attached hydrogen (secondary N) is 1. The number of hydrogen-bond acceptors (Lipinski definition) is 5. The van der Waals surface area contributed by atoms with Gasteiger partial charge in [0.1, 0.15) is 5.75 Å². The van der Waals surface area contributed by atoms with Gasteiger partial charge in [0.2, 0.25) is 0 Å². The van der Waals surface area contributed by atoms with Crippen molar-refractivity contribution in [2.45, 2.75) is 56.0 Å². The van der Waals surface area contributed by atoms with Crippen molar-refractivity contribution >= 4 is 17.7 Å². The Bertz CT molecular complexity index is 1040. The van der Waals surface area contributed by atoms with E-state index in [-0.39, 0.29) is 22.4 Å². The molecule has 3 rings (SSSR count). The minimum atomic E-state index is -4.81. The third-order valence-electron chi connectivity index (χ3n) is 5.59. The van der Waals surface area contributed by atoms with E-state index >= 15 is 0 Å². The summed E-state index contributed by atoms with van der Waals surface area (Å²) in [6, 6.07) is 13.4. The molecular weight excluding hydrogens is 425 g/mol. The zero-order valence-corrected chi connectivity index (χ0v) is 18.8. The fraction of sp³-hybridized carbons (Fsp3) is 0.429. The smallest absolute Gasteiger partial charge is 0.404 e. The van der Waals surface area contributed by atoms with Crippen molar-refractivity contribution in [2.24, 2.45) is 0 Å². The Hall–Kier alpha value is -1.70. The molecular formula is C21H28NO6PS. The normalized spacial score (nSPS) is 23.4. The lowest BCUT2D eigenvalue weighted by molar-refractivity contribution is 0.283. The van der Waals surface area contributed by atoms with E-state index in [4.69, 9.17) is 9.79 Å². The summed E-state index contributed by atoms with van der Waals surface area (Å²) in [6.45, 7) is 4.06. The van der Waals surface area contributed by atoms with Gasteiger partial charge in [-0.1, -0.05) is 63.1 Å². The highest BCUT2D eigenvalue weighted by atomic mass is 32.2. The van der Waals surface area contributed by atoms with Crippen molar-refractivity contribution in [2.75, 3.05) is 5.75 Å². The van der Waals surface area contributed by atoms with Crippen LogP contribution >= 0.6 is 7.82 Å². The van der Waals surface area contributed by atoms with Crippen molar-refractivity contribution in [3.8, 4) is 5.75 Å². The lowest BCUT2D eigenvalue weighted by Gasteiger charge is -2.35. The SMILES string of the molecule is CCCCC1(CC)CS(=O)(=O)c2cc(OP(=O)(O)O)ccc2C(c2ccccc2)N1. The zero-order chi connectivity index (χ0) is 22.0. The van der Waals surface area contributed by atoms with E-state index in [0.717, 1.165) is 18.4 Å². The first-order valence-electron chi connectivity index (χ1n) is 10.0. The summed E-state index contributed by atoms with van der Waals surface area (Å²) >= 11 is 0. The molecule has 1 aliphatic heterocycles. The highest BCUT2D eigenvalue weighted by molar-refractivity contribution is 7.91. The van der Waals surface area contributed by atoms with Crippen LogP contribution in [0, 0.1) is 0 Å². The summed E-state index contributed by atoms with van der Waals surface area (Å²) in [5.41, 5.74) is 0.860. The largest absolute Gasteiger partial charge is 0.524 e. The summed E-state index contributed by atoms with van der Waals surface area (Å²) in [7, 11) is -8.55. The number of rotatable bonds is 7. The molecule has 0 amide bonds. The van der Waals surface area contributed by atoms with Crippen molar-refractivity contribution < 1.29 is 27.3 Å². The highest BCUT2D eigenvalue weighted by Gasteiger charge is 2.42. The van der Waals surface area contributed by atoms with E-state index in [1.165, 1.54) is 12.1 Å². The van der Waals surface area contributed by atoms with Gasteiger partial charge in [0.05, 0.1) is 16.7 Å². The third-order valence-corrected chi connectivity index (χ3v) is 8.00. The van der Waals surface area contributed by atoms with E-state index in [9.17, 15) is 13.0 Å². The average Bonchev–Trinajstić information content (AvgIpc) is 2.79. The monoisotopic (exact) mass is 453 g/mol. The summed E-state index contributed by atoms with van der Waals surface area (Å²) in [5, 5.41) is 3.64. The van der Waals surface area contributed by atoms with Crippen molar-refractivity contribution in [3.05, 3.63) is 59.7 Å². The molecule has 30 heavy (non-hydrogen) atoms. The van der Waals surface area contributed by atoms with E-state index in [1.54, 1.807) is 6.07 Å². The van der Waals surface area contributed by atoms with E-state index in [1.807, 2.05) is 37.3 Å². The van der Waals surface area contributed by atoms with Crippen LogP contribution in [0.1, 0.15) is 56.7 Å². The summed E-state index contributed by atoms with van der Waals surface area (Å²) < 4.78 is 42.8. The molecule has 0 bridgehead atoms. The molecule has 3 N–H and O–H groups in total. The molecule has 0 radical (unpaired) electrons. The fourth-order valence-electron chi connectivity index (χ4n) is 4.03. The number of phosphoric ester groups is 1. The van der Waals surface area contributed by atoms with Crippen LogP contribution in [0.25, 0.3) is 0 Å². The molecule has 2 atom stereocenters. The van der Waals surface area contributed by atoms with Gasteiger partial charge in [-0.15, -0.1) is 0 Å². The number of fused-ring (bicyclic) bond motifs is 1. The van der Waals surface area contributed by atoms with Crippen LogP contribution in [0.15, 0.2) is 53.4 Å². The summed E-state index contributed by atoms with van der Waals surface area (Å²) in [4.78, 5) is 18.3. The molecule has 0 saturated heterocycles. The Kier molecular flexibility index (Phi) is 6.75. The van der Waals surface area contributed by atoms with Crippen LogP contribution in [0.4, 0.5) is 0 Å². The Morgan fingerprint density at radius 2 is 1.87 bits per heavy atom. The zero-order valence-electron chi connectivity index (χ0n) is 17.1. The van der Waals surface area contributed by atoms with Gasteiger partial charge in [-0.3, -0.25) is 15.1 Å². The van der Waals surface area contributed by atoms with Gasteiger partial charge in [-0.05, 0) is 36.1 Å². The van der Waals surface area contributed by atoms with Gasteiger partial charge in [0.15, 0.2) is 9.84 Å². The molecule has 1 aliphatic rings. The molecule has 0 spiro atoms. The Morgan fingerprint density at radius 3 is 2.47 bits per heavy atom. The average molecular weight is 453 g/mol. The number of sulfone groups is 1. The number of hydrogen-bond donors (Lipinski definition) is 3. The molecule has 2 unspecified atom stereocenters. The molecule has 0 aliphatic carbocycles. The van der Waals surface area contributed by atoms with E-state index < -0.39 is 23.2 Å². The van der Waals surface area contributed by atoms with Crippen LogP contribution < -0.4 is 9.84 Å². The van der Waals surface area contributed by atoms with Crippen LogP contribution in [-0.2, 0) is 14.4 Å². The second kappa shape index (κ2) is 8.81. The number of benzene rings is 2. The van der Waals surface area contributed by atoms with Crippen LogP contribution in [0.3, 0.4) is 0 Å². The summed E-state index contributed by atoms with van der Waals surface area (Å²) in [5.74, 6) is -0.262. The van der Waals surface area contributed by atoms with Crippen LogP contribution in [0.5, 0.6) is 5.75 Å².